The molecule has 2 aromatic rings. The molecule has 0 aromatic heterocycles. The fourth-order valence-electron chi connectivity index (χ4n) is 1.55. The van der Waals surface area contributed by atoms with Gasteiger partial charge in [-0.05, 0) is 36.4 Å². The second-order valence-corrected chi connectivity index (χ2v) is 4.12. The third kappa shape index (κ3) is 3.23. The zero-order chi connectivity index (χ0) is 13.7. The average molecular weight is 277 g/mol. The highest BCUT2D eigenvalue weighted by Crippen LogP contribution is 2.37. The van der Waals surface area contributed by atoms with Crippen LogP contribution in [-0.4, -0.2) is 14.2 Å². The molecule has 0 aliphatic carbocycles. The molecule has 0 spiro atoms. The lowest BCUT2D eigenvalue weighted by molar-refractivity contribution is 0.396. The molecule has 0 N–H and O–H groups in total. The molecule has 2 aromatic carbocycles. The van der Waals surface area contributed by atoms with Crippen LogP contribution in [0.5, 0.6) is 11.5 Å². The van der Waals surface area contributed by atoms with Gasteiger partial charge < -0.3 is 9.47 Å². The summed E-state index contributed by atoms with van der Waals surface area (Å²) in [5.41, 5.74) is 1.26. The van der Waals surface area contributed by atoms with Gasteiger partial charge in [-0.2, -0.15) is 5.11 Å². The molecule has 5 heteroatoms. The van der Waals surface area contributed by atoms with Gasteiger partial charge in [0.05, 0.1) is 19.9 Å². The summed E-state index contributed by atoms with van der Waals surface area (Å²) in [6.07, 6.45) is 0. The largest absolute Gasteiger partial charge is 0.494 e. The van der Waals surface area contributed by atoms with Crippen molar-refractivity contribution in [3.8, 4) is 11.5 Å². The van der Waals surface area contributed by atoms with Gasteiger partial charge >= 0.3 is 0 Å². The molecule has 19 heavy (non-hydrogen) atoms. The van der Waals surface area contributed by atoms with E-state index in [0.717, 1.165) is 0 Å². The van der Waals surface area contributed by atoms with E-state index in [1.54, 1.807) is 50.6 Å². The molecule has 0 aliphatic heterocycles. The number of ether oxygens (including phenoxy) is 2. The maximum atomic E-state index is 5.81. The topological polar surface area (TPSA) is 43.2 Å². The Morgan fingerprint density at radius 2 is 1.42 bits per heavy atom. The van der Waals surface area contributed by atoms with Crippen molar-refractivity contribution in [2.45, 2.75) is 0 Å². The van der Waals surface area contributed by atoms with Crippen LogP contribution in [0.4, 0.5) is 11.4 Å². The van der Waals surface area contributed by atoms with E-state index < -0.39 is 0 Å². The minimum Gasteiger partial charge on any atom is -0.494 e. The van der Waals surface area contributed by atoms with Gasteiger partial charge in [0, 0.05) is 5.02 Å². The van der Waals surface area contributed by atoms with Crippen LogP contribution in [0.1, 0.15) is 0 Å². The summed E-state index contributed by atoms with van der Waals surface area (Å²) in [4.78, 5) is 0. The van der Waals surface area contributed by atoms with Gasteiger partial charge in [0.25, 0.3) is 0 Å². The van der Waals surface area contributed by atoms with Gasteiger partial charge in [0.15, 0.2) is 5.69 Å². The lowest BCUT2D eigenvalue weighted by Gasteiger charge is -2.07. The number of methoxy groups -OCH3 is 2. The van der Waals surface area contributed by atoms with Gasteiger partial charge in [-0.1, -0.05) is 17.7 Å². The number of nitrogens with zero attached hydrogens (tertiary/aromatic N) is 2. The Hall–Kier alpha value is -2.07. The van der Waals surface area contributed by atoms with E-state index in [0.29, 0.717) is 27.9 Å². The first-order chi connectivity index (χ1) is 9.24. The smallest absolute Gasteiger partial charge is 0.169 e. The average Bonchev–Trinajstić information content (AvgIpc) is 2.46. The first kappa shape index (κ1) is 13.4. The lowest BCUT2D eigenvalue weighted by atomic mass is 10.3. The van der Waals surface area contributed by atoms with Crippen LogP contribution in [0.3, 0.4) is 0 Å². The number of hydrogen-bond acceptors (Lipinski definition) is 4. The zero-order valence-electron chi connectivity index (χ0n) is 10.6. The molecular weight excluding hydrogens is 264 g/mol. The van der Waals surface area contributed by atoms with Crippen LogP contribution < -0.4 is 9.47 Å². The summed E-state index contributed by atoms with van der Waals surface area (Å²) >= 11 is 5.81. The number of hydrogen-bond donors (Lipinski definition) is 0. The third-order valence-electron chi connectivity index (χ3n) is 2.49. The van der Waals surface area contributed by atoms with Crippen LogP contribution >= 0.6 is 11.6 Å². The molecule has 0 radical (unpaired) electrons. The highest BCUT2D eigenvalue weighted by atomic mass is 35.5. The molecule has 0 unspecified atom stereocenters. The van der Waals surface area contributed by atoms with Gasteiger partial charge in [-0.15, -0.1) is 5.11 Å². The second kappa shape index (κ2) is 6.20. The summed E-state index contributed by atoms with van der Waals surface area (Å²) in [5.74, 6) is 1.22. The maximum Gasteiger partial charge on any atom is 0.169 e. The highest BCUT2D eigenvalue weighted by Gasteiger charge is 2.08. The van der Waals surface area contributed by atoms with Crippen molar-refractivity contribution < 1.29 is 9.47 Å². The van der Waals surface area contributed by atoms with E-state index in [-0.39, 0.29) is 0 Å². The molecule has 0 saturated heterocycles. The number of azo groups is 1. The van der Waals surface area contributed by atoms with Crippen molar-refractivity contribution in [1.29, 1.82) is 0 Å². The van der Waals surface area contributed by atoms with E-state index in [9.17, 15) is 0 Å². The molecule has 0 amide bonds. The SMILES string of the molecule is COc1cccc(OC)c1N=Nc1ccc(Cl)cc1. The Kier molecular flexibility index (Phi) is 4.36. The Morgan fingerprint density at radius 3 is 1.95 bits per heavy atom. The quantitative estimate of drug-likeness (QED) is 0.755. The predicted octanol–water partition coefficient (Wildman–Crippen LogP) is 4.77. The Balaban J connectivity index is 2.34. The standard InChI is InChI=1S/C14H13ClN2O2/c1-18-12-4-3-5-13(19-2)14(12)17-16-11-8-6-10(15)7-9-11/h3-9H,1-2H3. The minimum absolute atomic E-state index is 0.558. The van der Waals surface area contributed by atoms with Gasteiger partial charge in [0.1, 0.15) is 11.5 Å². The first-order valence-electron chi connectivity index (χ1n) is 5.63. The number of benzene rings is 2. The number of rotatable bonds is 4. The van der Waals surface area contributed by atoms with Crippen LogP contribution in [0.25, 0.3) is 0 Å². The molecule has 98 valence electrons. The van der Waals surface area contributed by atoms with Crippen LogP contribution in [-0.2, 0) is 0 Å². The molecule has 0 fully saturated rings. The van der Waals surface area contributed by atoms with E-state index >= 15 is 0 Å². The fraction of sp³-hybridized carbons (Fsp3) is 0.143. The molecular formula is C14H13ClN2O2. The molecule has 0 bridgehead atoms. The minimum atomic E-state index is 0.558. The monoisotopic (exact) mass is 276 g/mol. The molecule has 0 aliphatic rings. The summed E-state index contributed by atoms with van der Waals surface area (Å²) < 4.78 is 10.5. The molecule has 0 saturated carbocycles. The molecule has 4 nitrogen and oxygen atoms in total. The van der Waals surface area contributed by atoms with Crippen molar-refractivity contribution >= 4 is 23.0 Å². The van der Waals surface area contributed by atoms with Gasteiger partial charge in [-0.25, -0.2) is 0 Å². The Bertz CT molecular complexity index is 560. The predicted molar refractivity (Wildman–Crippen MR) is 75.2 cm³/mol. The van der Waals surface area contributed by atoms with Crippen molar-refractivity contribution in [2.75, 3.05) is 14.2 Å². The lowest BCUT2D eigenvalue weighted by Crippen LogP contribution is -1.87. The maximum absolute atomic E-state index is 5.81. The summed E-state index contributed by atoms with van der Waals surface area (Å²) in [6.45, 7) is 0. The van der Waals surface area contributed by atoms with Gasteiger partial charge in [0.2, 0.25) is 0 Å². The Labute approximate surface area is 116 Å². The second-order valence-electron chi connectivity index (χ2n) is 3.69. The number of halogens is 1. The van der Waals surface area contributed by atoms with Crippen molar-refractivity contribution in [3.63, 3.8) is 0 Å². The summed E-state index contributed by atoms with van der Waals surface area (Å²) in [5, 5.41) is 8.98. The van der Waals surface area contributed by atoms with Crippen LogP contribution in [0, 0.1) is 0 Å². The molecule has 2 rings (SSSR count). The van der Waals surface area contributed by atoms with E-state index in [1.807, 2.05) is 6.07 Å². The van der Waals surface area contributed by atoms with Crippen LogP contribution in [0.2, 0.25) is 5.02 Å². The first-order valence-corrected chi connectivity index (χ1v) is 6.00. The summed E-state index contributed by atoms with van der Waals surface area (Å²) in [6, 6.07) is 12.5. The fourth-order valence-corrected chi connectivity index (χ4v) is 1.67. The molecule has 0 heterocycles. The Morgan fingerprint density at radius 1 is 0.842 bits per heavy atom. The van der Waals surface area contributed by atoms with Gasteiger partial charge in [-0.3, -0.25) is 0 Å². The highest BCUT2D eigenvalue weighted by molar-refractivity contribution is 6.30. The normalized spacial score (nSPS) is 10.7. The third-order valence-corrected chi connectivity index (χ3v) is 2.75. The van der Waals surface area contributed by atoms with E-state index in [4.69, 9.17) is 21.1 Å². The van der Waals surface area contributed by atoms with Crippen molar-refractivity contribution in [1.82, 2.24) is 0 Å². The van der Waals surface area contributed by atoms with E-state index in [2.05, 4.69) is 10.2 Å². The van der Waals surface area contributed by atoms with Crippen molar-refractivity contribution in [2.24, 2.45) is 10.2 Å². The zero-order valence-corrected chi connectivity index (χ0v) is 11.4. The van der Waals surface area contributed by atoms with Crippen LogP contribution in [0.15, 0.2) is 52.7 Å². The van der Waals surface area contributed by atoms with E-state index in [1.165, 1.54) is 0 Å². The molecule has 0 atom stereocenters. The van der Waals surface area contributed by atoms with Crippen molar-refractivity contribution in [3.05, 3.63) is 47.5 Å². The summed E-state index contributed by atoms with van der Waals surface area (Å²) in [7, 11) is 3.16.